The number of hydrogen-bond acceptors (Lipinski definition) is 3. The van der Waals surface area contributed by atoms with Gasteiger partial charge in [-0.15, -0.1) is 0 Å². The number of nitrogens with zero attached hydrogens (tertiary/aromatic N) is 2. The molecule has 1 amide bonds. The zero-order chi connectivity index (χ0) is 14.9. The van der Waals surface area contributed by atoms with Gasteiger partial charge in [0.25, 0.3) is 0 Å². The van der Waals surface area contributed by atoms with E-state index in [-0.39, 0.29) is 12.2 Å². The fourth-order valence-corrected chi connectivity index (χ4v) is 2.29. The fourth-order valence-electron chi connectivity index (χ4n) is 2.29. The topological polar surface area (TPSA) is 59.2 Å². The van der Waals surface area contributed by atoms with Crippen LogP contribution in [0, 0.1) is 12.7 Å². The predicted octanol–water partition coefficient (Wildman–Crippen LogP) is 2.17. The van der Waals surface area contributed by atoms with E-state index in [0.717, 1.165) is 22.3 Å². The zero-order valence-corrected chi connectivity index (χ0v) is 11.9. The lowest BCUT2D eigenvalue weighted by Gasteiger charge is -2.17. The molecule has 1 aromatic carbocycles. The summed E-state index contributed by atoms with van der Waals surface area (Å²) in [7, 11) is 3.81. The molecule has 0 unspecified atom stereocenters. The van der Waals surface area contributed by atoms with Crippen LogP contribution >= 0.6 is 0 Å². The first kappa shape index (κ1) is 14.2. The maximum atomic E-state index is 13.8. The van der Waals surface area contributed by atoms with Crippen molar-refractivity contribution >= 4 is 22.5 Å². The van der Waals surface area contributed by atoms with Crippen LogP contribution in [0.25, 0.3) is 10.9 Å². The number of aryl methyl sites for hydroxylation is 2. The number of halogens is 1. The number of pyridine rings is 1. The van der Waals surface area contributed by atoms with E-state index in [1.165, 1.54) is 12.1 Å². The molecule has 0 fully saturated rings. The second kappa shape index (κ2) is 5.45. The molecule has 0 aliphatic heterocycles. The molecular formula is C15H18FN3O. The van der Waals surface area contributed by atoms with Crippen LogP contribution < -0.4 is 10.6 Å². The minimum Gasteiger partial charge on any atom is -0.377 e. The van der Waals surface area contributed by atoms with Crippen LogP contribution in [0.15, 0.2) is 18.2 Å². The van der Waals surface area contributed by atoms with Crippen molar-refractivity contribution in [1.82, 2.24) is 4.98 Å². The number of hydrogen-bond donors (Lipinski definition) is 1. The molecule has 0 bridgehead atoms. The van der Waals surface area contributed by atoms with Crippen molar-refractivity contribution in [3.63, 3.8) is 0 Å². The van der Waals surface area contributed by atoms with E-state index in [1.54, 1.807) is 0 Å². The van der Waals surface area contributed by atoms with Crippen LogP contribution in [0.3, 0.4) is 0 Å². The highest BCUT2D eigenvalue weighted by atomic mass is 19.1. The van der Waals surface area contributed by atoms with Crippen LogP contribution in [0.4, 0.5) is 10.1 Å². The molecule has 5 heteroatoms. The number of benzene rings is 1. The molecule has 2 rings (SSSR count). The van der Waals surface area contributed by atoms with Gasteiger partial charge in [0.15, 0.2) is 0 Å². The third-order valence-electron chi connectivity index (χ3n) is 3.19. The molecule has 0 atom stereocenters. The Labute approximate surface area is 117 Å². The largest absolute Gasteiger partial charge is 0.377 e. The first-order valence-corrected chi connectivity index (χ1v) is 6.44. The number of amides is 1. The number of nitrogens with two attached hydrogens (primary N) is 1. The van der Waals surface area contributed by atoms with Crippen LogP contribution in [0.2, 0.25) is 0 Å². The van der Waals surface area contributed by atoms with E-state index >= 15 is 0 Å². The minimum atomic E-state index is -0.400. The van der Waals surface area contributed by atoms with E-state index < -0.39 is 5.91 Å². The molecule has 4 nitrogen and oxygen atoms in total. The van der Waals surface area contributed by atoms with Gasteiger partial charge in [0, 0.05) is 37.3 Å². The summed E-state index contributed by atoms with van der Waals surface area (Å²) >= 11 is 0. The molecule has 0 saturated carbocycles. The number of carbonyl (C=O) groups is 1. The van der Waals surface area contributed by atoms with E-state index in [2.05, 4.69) is 4.98 Å². The van der Waals surface area contributed by atoms with Crippen molar-refractivity contribution in [2.75, 3.05) is 19.0 Å². The molecule has 0 radical (unpaired) electrons. The van der Waals surface area contributed by atoms with Crippen LogP contribution in [0.5, 0.6) is 0 Å². The number of aromatic nitrogens is 1. The SMILES string of the molecule is Cc1cc(N(C)C)c2cc(F)cc(CCC(N)=O)c2n1. The maximum absolute atomic E-state index is 13.8. The van der Waals surface area contributed by atoms with Gasteiger partial charge in [0.2, 0.25) is 5.91 Å². The van der Waals surface area contributed by atoms with Crippen molar-refractivity contribution in [1.29, 1.82) is 0 Å². The lowest BCUT2D eigenvalue weighted by Crippen LogP contribution is -2.12. The van der Waals surface area contributed by atoms with Gasteiger partial charge in [-0.25, -0.2) is 4.39 Å². The Hall–Kier alpha value is -2.17. The Morgan fingerprint density at radius 1 is 1.35 bits per heavy atom. The van der Waals surface area contributed by atoms with E-state index in [4.69, 9.17) is 5.73 Å². The van der Waals surface area contributed by atoms with Crippen molar-refractivity contribution in [2.45, 2.75) is 19.8 Å². The molecule has 1 heterocycles. The van der Waals surface area contributed by atoms with Gasteiger partial charge in [-0.3, -0.25) is 9.78 Å². The quantitative estimate of drug-likeness (QED) is 0.930. The van der Waals surface area contributed by atoms with Gasteiger partial charge < -0.3 is 10.6 Å². The van der Waals surface area contributed by atoms with Gasteiger partial charge in [0.05, 0.1) is 5.52 Å². The van der Waals surface area contributed by atoms with Crippen molar-refractivity contribution in [3.05, 3.63) is 35.3 Å². The van der Waals surface area contributed by atoms with Gasteiger partial charge in [-0.1, -0.05) is 0 Å². The summed E-state index contributed by atoms with van der Waals surface area (Å²) in [6, 6.07) is 4.82. The number of rotatable bonds is 4. The van der Waals surface area contributed by atoms with Crippen molar-refractivity contribution < 1.29 is 9.18 Å². The Morgan fingerprint density at radius 2 is 2.05 bits per heavy atom. The third-order valence-corrected chi connectivity index (χ3v) is 3.19. The highest BCUT2D eigenvalue weighted by Crippen LogP contribution is 2.29. The van der Waals surface area contributed by atoms with Crippen molar-refractivity contribution in [3.8, 4) is 0 Å². The molecular weight excluding hydrogens is 257 g/mol. The summed E-state index contributed by atoms with van der Waals surface area (Å²) in [6.45, 7) is 1.90. The highest BCUT2D eigenvalue weighted by molar-refractivity contribution is 5.94. The van der Waals surface area contributed by atoms with Crippen molar-refractivity contribution in [2.24, 2.45) is 5.73 Å². The summed E-state index contributed by atoms with van der Waals surface area (Å²) in [5, 5.41) is 0.750. The second-order valence-electron chi connectivity index (χ2n) is 5.10. The number of primary amides is 1. The van der Waals surface area contributed by atoms with Crippen LogP contribution in [0.1, 0.15) is 17.7 Å². The summed E-state index contributed by atoms with van der Waals surface area (Å²) in [5.74, 6) is -0.728. The first-order chi connectivity index (χ1) is 9.38. The lowest BCUT2D eigenvalue weighted by atomic mass is 10.0. The average Bonchev–Trinajstić information content (AvgIpc) is 2.35. The Kier molecular flexibility index (Phi) is 3.88. The fraction of sp³-hybridized carbons (Fsp3) is 0.333. The maximum Gasteiger partial charge on any atom is 0.217 e. The molecule has 2 N–H and O–H groups in total. The average molecular weight is 275 g/mol. The Morgan fingerprint density at radius 3 is 2.65 bits per heavy atom. The summed E-state index contributed by atoms with van der Waals surface area (Å²) in [4.78, 5) is 17.4. The highest BCUT2D eigenvalue weighted by Gasteiger charge is 2.12. The molecule has 0 aliphatic rings. The molecule has 20 heavy (non-hydrogen) atoms. The number of anilines is 1. The van der Waals surface area contributed by atoms with Gasteiger partial charge in [-0.2, -0.15) is 0 Å². The number of fused-ring (bicyclic) bond motifs is 1. The smallest absolute Gasteiger partial charge is 0.217 e. The van der Waals surface area contributed by atoms with Crippen LogP contribution in [-0.4, -0.2) is 25.0 Å². The third kappa shape index (κ3) is 2.87. The lowest BCUT2D eigenvalue weighted by molar-refractivity contribution is -0.117. The molecule has 0 spiro atoms. The van der Waals surface area contributed by atoms with Crippen LogP contribution in [-0.2, 0) is 11.2 Å². The van der Waals surface area contributed by atoms with E-state index in [1.807, 2.05) is 32.0 Å². The molecule has 0 aliphatic carbocycles. The van der Waals surface area contributed by atoms with Gasteiger partial charge in [-0.05, 0) is 37.1 Å². The molecule has 0 saturated heterocycles. The number of carbonyl (C=O) groups excluding carboxylic acids is 1. The minimum absolute atomic E-state index is 0.186. The first-order valence-electron chi connectivity index (χ1n) is 6.44. The monoisotopic (exact) mass is 275 g/mol. The molecule has 2 aromatic rings. The standard InChI is InChI=1S/C15H18FN3O/c1-9-6-13(19(2)3)12-8-11(16)7-10(15(12)18-9)4-5-14(17)20/h6-8H,4-5H2,1-3H3,(H2,17,20). The molecule has 106 valence electrons. The Balaban J connectivity index is 2.66. The van der Waals surface area contributed by atoms with Gasteiger partial charge in [0.1, 0.15) is 5.82 Å². The second-order valence-corrected chi connectivity index (χ2v) is 5.10. The predicted molar refractivity (Wildman–Crippen MR) is 78.3 cm³/mol. The Bertz CT molecular complexity index is 668. The summed E-state index contributed by atoms with van der Waals surface area (Å²) < 4.78 is 13.8. The summed E-state index contributed by atoms with van der Waals surface area (Å²) in [6.07, 6.45) is 0.582. The summed E-state index contributed by atoms with van der Waals surface area (Å²) in [5.41, 5.74) is 8.38. The molecule has 1 aromatic heterocycles. The van der Waals surface area contributed by atoms with E-state index in [9.17, 15) is 9.18 Å². The normalized spacial score (nSPS) is 10.8. The van der Waals surface area contributed by atoms with E-state index in [0.29, 0.717) is 12.0 Å². The van der Waals surface area contributed by atoms with Gasteiger partial charge >= 0.3 is 0 Å². The zero-order valence-electron chi connectivity index (χ0n) is 11.9.